The molecule has 0 N–H and O–H groups in total. The second kappa shape index (κ2) is 10.4. The number of unbranched alkanes of at least 4 members (excludes halogenated alkanes) is 1. The Hall–Kier alpha value is -2.60. The maximum absolute atomic E-state index is 13.5. The summed E-state index contributed by atoms with van der Waals surface area (Å²) < 4.78 is 0. The molecule has 3 rings (SSSR count). The van der Waals surface area contributed by atoms with Crippen LogP contribution in [0.15, 0.2) is 54.6 Å². The topological polar surface area (TPSA) is 57.7 Å². The average molecular weight is 425 g/mol. The quantitative estimate of drug-likeness (QED) is 0.550. The lowest BCUT2D eigenvalue weighted by molar-refractivity contribution is -0.125. The van der Waals surface area contributed by atoms with E-state index in [9.17, 15) is 14.4 Å². The molecule has 0 bridgehead atoms. The van der Waals surface area contributed by atoms with Gasteiger partial charge in [0.1, 0.15) is 0 Å². The monoisotopic (exact) mass is 424 g/mol. The molecule has 6 heteroatoms. The summed E-state index contributed by atoms with van der Waals surface area (Å²) in [4.78, 5) is 40.6. The van der Waals surface area contributed by atoms with E-state index in [0.717, 1.165) is 42.2 Å². The van der Waals surface area contributed by atoms with E-state index in [0.29, 0.717) is 12.1 Å². The number of amides is 3. The largest absolute Gasteiger partial charge is 0.332 e. The summed E-state index contributed by atoms with van der Waals surface area (Å²) in [5.41, 5.74) is 2.50. The third-order valence-electron chi connectivity index (χ3n) is 5.32. The van der Waals surface area contributed by atoms with Crippen molar-refractivity contribution in [3.63, 3.8) is 0 Å². The molecule has 1 fully saturated rings. The molecule has 3 amide bonds. The average Bonchev–Trinajstić information content (AvgIpc) is 3.09. The minimum atomic E-state index is -0.226. The highest BCUT2D eigenvalue weighted by molar-refractivity contribution is 8.14. The fourth-order valence-corrected chi connectivity index (χ4v) is 4.45. The fraction of sp³-hybridized carbons (Fsp3) is 0.375. The lowest BCUT2D eigenvalue weighted by atomic mass is 10.0. The molecule has 5 nitrogen and oxygen atoms in total. The Morgan fingerprint density at radius 2 is 1.87 bits per heavy atom. The summed E-state index contributed by atoms with van der Waals surface area (Å²) >= 11 is 1.02. The van der Waals surface area contributed by atoms with Gasteiger partial charge in [0.15, 0.2) is 0 Å². The first-order valence-corrected chi connectivity index (χ1v) is 11.5. The van der Waals surface area contributed by atoms with Gasteiger partial charge in [-0.25, -0.2) is 0 Å². The zero-order valence-electron chi connectivity index (χ0n) is 17.5. The predicted molar refractivity (Wildman–Crippen MR) is 120 cm³/mol. The number of nitrogens with zero attached hydrogens (tertiary/aromatic N) is 2. The minimum Gasteiger partial charge on any atom is -0.332 e. The molecule has 30 heavy (non-hydrogen) atoms. The number of hydrogen-bond donors (Lipinski definition) is 0. The fourth-order valence-electron chi connectivity index (χ4n) is 3.72. The summed E-state index contributed by atoms with van der Waals surface area (Å²) in [6, 6.07) is 17.4. The molecule has 0 aliphatic carbocycles. The summed E-state index contributed by atoms with van der Waals surface area (Å²) in [5, 5.41) is -0.226. The van der Waals surface area contributed by atoms with Crippen LogP contribution in [0.3, 0.4) is 0 Å². The number of carbonyl (C=O) groups is 3. The molecule has 1 saturated heterocycles. The van der Waals surface area contributed by atoms with Gasteiger partial charge in [-0.1, -0.05) is 74.5 Å². The van der Waals surface area contributed by atoms with Gasteiger partial charge in [0.25, 0.3) is 11.1 Å². The molecular weight excluding hydrogens is 396 g/mol. The summed E-state index contributed by atoms with van der Waals surface area (Å²) in [7, 11) is 0. The molecule has 0 radical (unpaired) electrons. The van der Waals surface area contributed by atoms with Gasteiger partial charge in [0.2, 0.25) is 5.91 Å². The second-order valence-corrected chi connectivity index (χ2v) is 8.35. The van der Waals surface area contributed by atoms with E-state index in [-0.39, 0.29) is 35.4 Å². The molecule has 2 aromatic carbocycles. The Labute approximate surface area is 182 Å². The van der Waals surface area contributed by atoms with Crippen LogP contribution in [0.5, 0.6) is 0 Å². The van der Waals surface area contributed by atoms with Crippen molar-refractivity contribution in [1.29, 1.82) is 0 Å². The lowest BCUT2D eigenvalue weighted by Gasteiger charge is -2.32. The molecule has 0 unspecified atom stereocenters. The first-order valence-electron chi connectivity index (χ1n) is 10.5. The van der Waals surface area contributed by atoms with Crippen molar-refractivity contribution in [3.8, 4) is 0 Å². The predicted octanol–water partition coefficient (Wildman–Crippen LogP) is 5.28. The molecule has 0 saturated carbocycles. The van der Waals surface area contributed by atoms with Crippen LogP contribution in [0.25, 0.3) is 0 Å². The Balaban J connectivity index is 1.85. The van der Waals surface area contributed by atoms with Crippen molar-refractivity contribution in [2.24, 2.45) is 0 Å². The minimum absolute atomic E-state index is 0.00652. The van der Waals surface area contributed by atoms with Crippen molar-refractivity contribution in [3.05, 3.63) is 71.3 Å². The van der Waals surface area contributed by atoms with Gasteiger partial charge in [0, 0.05) is 12.1 Å². The molecule has 1 atom stereocenters. The van der Waals surface area contributed by atoms with E-state index in [1.807, 2.05) is 47.4 Å². The van der Waals surface area contributed by atoms with Gasteiger partial charge in [-0.3, -0.25) is 19.3 Å². The summed E-state index contributed by atoms with van der Waals surface area (Å²) in [6.07, 6.45) is 2.77. The third kappa shape index (κ3) is 5.11. The van der Waals surface area contributed by atoms with E-state index in [4.69, 9.17) is 0 Å². The van der Waals surface area contributed by atoms with E-state index in [1.165, 1.54) is 4.90 Å². The molecular formula is C24H28N2O3S. The maximum Gasteiger partial charge on any atom is 0.289 e. The standard InChI is InChI=1S/C24H28N2O3S/c1-3-5-14-25(21(4-2)19-11-7-6-8-12-19)23(28)20-13-9-10-18(15-20)16-26-22(27)17-30-24(26)29/h6-13,15,21H,3-5,14,16-17H2,1-2H3/t21-/m0/s1. The molecule has 1 aliphatic heterocycles. The van der Waals surface area contributed by atoms with E-state index in [2.05, 4.69) is 26.0 Å². The molecule has 1 heterocycles. The van der Waals surface area contributed by atoms with Crippen LogP contribution < -0.4 is 0 Å². The first kappa shape index (κ1) is 22.1. The zero-order chi connectivity index (χ0) is 21.5. The number of imide groups is 1. The van der Waals surface area contributed by atoms with Crippen LogP contribution in [0.2, 0.25) is 0 Å². The Kier molecular flexibility index (Phi) is 7.69. The maximum atomic E-state index is 13.5. The Bertz CT molecular complexity index is 884. The molecule has 158 valence electrons. The number of carbonyl (C=O) groups excluding carboxylic acids is 3. The van der Waals surface area contributed by atoms with Gasteiger partial charge < -0.3 is 4.90 Å². The highest BCUT2D eigenvalue weighted by Gasteiger charge is 2.30. The van der Waals surface area contributed by atoms with Crippen molar-refractivity contribution in [2.45, 2.75) is 45.7 Å². The van der Waals surface area contributed by atoms with Gasteiger partial charge in [0.05, 0.1) is 18.3 Å². The summed E-state index contributed by atoms with van der Waals surface area (Å²) in [5.74, 6) is -0.00629. The van der Waals surface area contributed by atoms with Crippen molar-refractivity contribution in [1.82, 2.24) is 9.80 Å². The van der Waals surface area contributed by atoms with Crippen LogP contribution in [-0.2, 0) is 11.3 Å². The van der Waals surface area contributed by atoms with E-state index < -0.39 is 0 Å². The number of benzene rings is 2. The van der Waals surface area contributed by atoms with Crippen LogP contribution >= 0.6 is 11.8 Å². The van der Waals surface area contributed by atoms with Crippen molar-refractivity contribution < 1.29 is 14.4 Å². The Morgan fingerprint density at radius 1 is 1.10 bits per heavy atom. The van der Waals surface area contributed by atoms with Crippen LogP contribution in [0, 0.1) is 0 Å². The van der Waals surface area contributed by atoms with Gasteiger partial charge in [-0.2, -0.15) is 0 Å². The number of thioether (sulfide) groups is 1. The smallest absolute Gasteiger partial charge is 0.289 e. The highest BCUT2D eigenvalue weighted by atomic mass is 32.2. The van der Waals surface area contributed by atoms with Crippen molar-refractivity contribution >= 4 is 28.8 Å². The summed E-state index contributed by atoms with van der Waals surface area (Å²) in [6.45, 7) is 5.11. The van der Waals surface area contributed by atoms with Crippen LogP contribution in [-0.4, -0.2) is 39.2 Å². The van der Waals surface area contributed by atoms with Gasteiger partial charge in [-0.05, 0) is 36.1 Å². The number of hydrogen-bond acceptors (Lipinski definition) is 4. The third-order valence-corrected chi connectivity index (χ3v) is 6.17. The van der Waals surface area contributed by atoms with E-state index >= 15 is 0 Å². The van der Waals surface area contributed by atoms with Gasteiger partial charge in [-0.15, -0.1) is 0 Å². The van der Waals surface area contributed by atoms with Crippen LogP contribution in [0.1, 0.15) is 60.6 Å². The highest BCUT2D eigenvalue weighted by Crippen LogP contribution is 2.27. The normalized spacial score (nSPS) is 14.8. The molecule has 1 aliphatic rings. The van der Waals surface area contributed by atoms with Crippen molar-refractivity contribution in [2.75, 3.05) is 12.3 Å². The molecule has 2 aromatic rings. The number of rotatable bonds is 9. The first-order chi connectivity index (χ1) is 14.5. The SMILES string of the molecule is CCCCN(C(=O)c1cccc(CN2C(=O)CSC2=O)c1)[C@@H](CC)c1ccccc1. The second-order valence-electron chi connectivity index (χ2n) is 7.42. The van der Waals surface area contributed by atoms with E-state index in [1.54, 1.807) is 0 Å². The molecule has 0 spiro atoms. The molecule has 0 aromatic heterocycles. The Morgan fingerprint density at radius 3 is 2.50 bits per heavy atom. The van der Waals surface area contributed by atoms with Crippen LogP contribution in [0.4, 0.5) is 4.79 Å². The lowest BCUT2D eigenvalue weighted by Crippen LogP contribution is -2.35. The van der Waals surface area contributed by atoms with Gasteiger partial charge >= 0.3 is 0 Å². The zero-order valence-corrected chi connectivity index (χ0v) is 18.4.